The summed E-state index contributed by atoms with van der Waals surface area (Å²) in [5, 5.41) is 2.95. The minimum absolute atomic E-state index is 0.0363. The van der Waals surface area contributed by atoms with Gasteiger partial charge in [-0.2, -0.15) is 0 Å². The van der Waals surface area contributed by atoms with Crippen molar-refractivity contribution in [2.75, 3.05) is 0 Å². The van der Waals surface area contributed by atoms with Gasteiger partial charge >= 0.3 is 84.2 Å². The fourth-order valence-electron chi connectivity index (χ4n) is 1.50. The molecule has 0 radical (unpaired) electrons. The van der Waals surface area contributed by atoms with E-state index in [0.29, 0.717) is 0 Å². The second kappa shape index (κ2) is 2.67. The Morgan fingerprint density at radius 2 is 1.83 bits per heavy atom. The number of hydrogen-bond acceptors (Lipinski definition) is 1. The number of rotatable bonds is 0. The molecule has 3 rings (SSSR count). The summed E-state index contributed by atoms with van der Waals surface area (Å²) in [5.41, 5.74) is 0. The molecule has 0 saturated carbocycles. The molecule has 0 aromatic heterocycles. The predicted molar refractivity (Wildman–Crippen MR) is 55.2 cm³/mol. The van der Waals surface area contributed by atoms with Crippen molar-refractivity contribution >= 4 is 42.9 Å². The summed E-state index contributed by atoms with van der Waals surface area (Å²) in [6.45, 7) is 0. The Hall–Kier alpha value is -0.160. The van der Waals surface area contributed by atoms with Gasteiger partial charge in [-0.15, -0.1) is 0 Å². The van der Waals surface area contributed by atoms with Crippen molar-refractivity contribution in [1.29, 1.82) is 0 Å². The van der Waals surface area contributed by atoms with Crippen LogP contribution in [0.2, 0.25) is 0 Å². The van der Waals surface area contributed by atoms with Crippen LogP contribution in [0.25, 0.3) is 10.8 Å². The van der Waals surface area contributed by atoms with E-state index in [9.17, 15) is 0 Å². The normalized spacial score (nSPS) is 14.0. The summed E-state index contributed by atoms with van der Waals surface area (Å²) in [6, 6.07) is 13.3. The van der Waals surface area contributed by atoms with Crippen LogP contribution in [-0.4, -0.2) is 19.5 Å². The average Bonchev–Trinajstić information content (AvgIpc) is 2.52. The third-order valence-electron chi connectivity index (χ3n) is 2.05. The van der Waals surface area contributed by atoms with Gasteiger partial charge in [-0.3, -0.25) is 0 Å². The molecule has 0 N–H and O–H groups in total. The summed E-state index contributed by atoms with van der Waals surface area (Å²) in [4.78, 5) is 1.51. The van der Waals surface area contributed by atoms with Gasteiger partial charge in [0, 0.05) is 0 Å². The second-order valence-corrected chi connectivity index (χ2v) is 7.66. The topological polar surface area (TPSA) is 0 Å². The van der Waals surface area contributed by atoms with Gasteiger partial charge in [0.05, 0.1) is 0 Å². The standard InChI is InChI=1S/C10H6STe/c1-3-7-4-2-6-9-10(7)8(5-1)11-12-9/h1-6H. The Labute approximate surface area is 83.9 Å². The van der Waals surface area contributed by atoms with Crippen LogP contribution >= 0.6 is 8.99 Å². The van der Waals surface area contributed by atoms with Gasteiger partial charge in [0.2, 0.25) is 0 Å². The monoisotopic (exact) mass is 288 g/mol. The molecule has 2 heteroatoms. The molecule has 1 aliphatic rings. The summed E-state index contributed by atoms with van der Waals surface area (Å²) in [6.07, 6.45) is 0. The van der Waals surface area contributed by atoms with Gasteiger partial charge in [-0.05, 0) is 0 Å². The van der Waals surface area contributed by atoms with Crippen LogP contribution in [0.1, 0.15) is 0 Å². The van der Waals surface area contributed by atoms with Crippen molar-refractivity contribution in [3.63, 3.8) is 0 Å². The fraction of sp³-hybridized carbons (Fsp3) is 0. The number of hydrogen-bond donors (Lipinski definition) is 0. The molecule has 2 aromatic rings. The summed E-state index contributed by atoms with van der Waals surface area (Å²) in [5.74, 6) is 0. The van der Waals surface area contributed by atoms with Gasteiger partial charge in [0.25, 0.3) is 0 Å². The van der Waals surface area contributed by atoms with Gasteiger partial charge < -0.3 is 0 Å². The zero-order valence-electron chi connectivity index (χ0n) is 6.28. The van der Waals surface area contributed by atoms with Crippen LogP contribution < -0.4 is 3.61 Å². The van der Waals surface area contributed by atoms with E-state index in [0.717, 1.165) is 0 Å². The molecule has 0 saturated heterocycles. The molecule has 0 atom stereocenters. The maximum absolute atomic E-state index is 2.29. The van der Waals surface area contributed by atoms with Gasteiger partial charge in [-0.1, -0.05) is 0 Å². The van der Waals surface area contributed by atoms with E-state index in [4.69, 9.17) is 0 Å². The van der Waals surface area contributed by atoms with Crippen LogP contribution in [0.15, 0.2) is 41.3 Å². The molecule has 2 aromatic carbocycles. The first-order valence-electron chi connectivity index (χ1n) is 3.81. The first-order valence-corrected chi connectivity index (χ1v) is 8.57. The van der Waals surface area contributed by atoms with Crippen molar-refractivity contribution < 1.29 is 0 Å². The fourth-order valence-corrected chi connectivity index (χ4v) is 7.26. The molecular formula is C10H6STe. The maximum atomic E-state index is 2.29. The minimum atomic E-state index is 0.0363. The molecule has 1 heterocycles. The second-order valence-electron chi connectivity index (χ2n) is 2.78. The Morgan fingerprint density at radius 1 is 1.00 bits per heavy atom. The predicted octanol–water partition coefficient (Wildman–Crippen LogP) is 2.19. The van der Waals surface area contributed by atoms with Crippen molar-refractivity contribution in [2.45, 2.75) is 4.90 Å². The van der Waals surface area contributed by atoms with Crippen molar-refractivity contribution in [3.05, 3.63) is 36.4 Å². The van der Waals surface area contributed by atoms with Crippen LogP contribution in [0.4, 0.5) is 0 Å². The van der Waals surface area contributed by atoms with Crippen LogP contribution in [0.3, 0.4) is 0 Å². The summed E-state index contributed by atoms with van der Waals surface area (Å²) < 4.78 is 1.62. The molecule has 0 bridgehead atoms. The molecule has 0 fully saturated rings. The third kappa shape index (κ3) is 0.924. The molecule has 12 heavy (non-hydrogen) atoms. The molecule has 58 valence electrons. The number of benzene rings is 2. The van der Waals surface area contributed by atoms with E-state index < -0.39 is 0 Å². The molecule has 0 nitrogen and oxygen atoms in total. The van der Waals surface area contributed by atoms with Gasteiger partial charge in [0.15, 0.2) is 0 Å². The van der Waals surface area contributed by atoms with E-state index >= 15 is 0 Å². The third-order valence-corrected chi connectivity index (χ3v) is 7.59. The van der Waals surface area contributed by atoms with E-state index in [-0.39, 0.29) is 19.5 Å². The van der Waals surface area contributed by atoms with E-state index in [1.54, 1.807) is 3.61 Å². The first-order chi connectivity index (χ1) is 5.95. The first kappa shape index (κ1) is 7.26. The molecule has 0 unspecified atom stereocenters. The SMILES string of the molecule is c1cc2c3c(cccc3c1)[Te]S2. The van der Waals surface area contributed by atoms with Crippen LogP contribution in [0.5, 0.6) is 0 Å². The van der Waals surface area contributed by atoms with Gasteiger partial charge in [0.1, 0.15) is 0 Å². The van der Waals surface area contributed by atoms with Crippen molar-refractivity contribution in [3.8, 4) is 0 Å². The van der Waals surface area contributed by atoms with Crippen LogP contribution in [-0.2, 0) is 0 Å². The average molecular weight is 286 g/mol. The quantitative estimate of drug-likeness (QED) is 0.669. The van der Waals surface area contributed by atoms with E-state index in [1.807, 2.05) is 0 Å². The summed E-state index contributed by atoms with van der Waals surface area (Å²) >= 11 is 0.0363. The van der Waals surface area contributed by atoms with Crippen molar-refractivity contribution in [1.82, 2.24) is 0 Å². The molecular weight excluding hydrogens is 280 g/mol. The Balaban J connectivity index is 2.58. The Bertz CT molecular complexity index is 412. The van der Waals surface area contributed by atoms with E-state index in [1.165, 1.54) is 15.7 Å². The van der Waals surface area contributed by atoms with Crippen molar-refractivity contribution in [2.24, 2.45) is 0 Å². The molecule has 0 aliphatic carbocycles. The summed E-state index contributed by atoms with van der Waals surface area (Å²) in [7, 11) is 2.08. The Kier molecular flexibility index (Phi) is 1.61. The zero-order chi connectivity index (χ0) is 7.97. The van der Waals surface area contributed by atoms with E-state index in [2.05, 4.69) is 45.4 Å². The molecule has 0 amide bonds. The van der Waals surface area contributed by atoms with Crippen LogP contribution in [0, 0.1) is 0 Å². The Morgan fingerprint density at radius 3 is 2.75 bits per heavy atom. The molecule has 0 spiro atoms. The molecule has 1 aliphatic heterocycles. The zero-order valence-corrected chi connectivity index (χ0v) is 9.43. The van der Waals surface area contributed by atoms with Gasteiger partial charge in [-0.25, -0.2) is 0 Å².